The van der Waals surface area contributed by atoms with Gasteiger partial charge >= 0.3 is 0 Å². The minimum atomic E-state index is 0.663. The lowest BCUT2D eigenvalue weighted by molar-refractivity contribution is 0.395. The molecule has 2 aromatic carbocycles. The number of hydrogen-bond acceptors (Lipinski definition) is 6. The summed E-state index contributed by atoms with van der Waals surface area (Å²) in [6, 6.07) is 17.3. The molecule has 3 rings (SSSR count). The predicted octanol–water partition coefficient (Wildman–Crippen LogP) is 4.29. The van der Waals surface area contributed by atoms with Crippen LogP contribution in [0.4, 0.5) is 23.0 Å². The van der Waals surface area contributed by atoms with Crippen molar-refractivity contribution in [1.82, 2.24) is 9.97 Å². The quantitative estimate of drug-likeness (QED) is 0.700. The molecule has 0 spiro atoms. The molecule has 0 radical (unpaired) electrons. The number of benzene rings is 2. The molecule has 3 aromatic rings. The number of anilines is 4. The molecule has 0 aliphatic carbocycles. The largest absolute Gasteiger partial charge is 0.497 e. The molecule has 6 heteroatoms. The summed E-state index contributed by atoms with van der Waals surface area (Å²) in [4.78, 5) is 8.87. The van der Waals surface area contributed by atoms with Crippen molar-refractivity contribution >= 4 is 23.0 Å². The second kappa shape index (κ2) is 7.53. The monoisotopic (exact) mass is 336 g/mol. The van der Waals surface area contributed by atoms with E-state index in [0.717, 1.165) is 17.1 Å². The van der Waals surface area contributed by atoms with Crippen molar-refractivity contribution < 1.29 is 9.47 Å². The highest BCUT2D eigenvalue weighted by molar-refractivity contribution is 5.68. The maximum Gasteiger partial charge on any atom is 0.146 e. The average Bonchev–Trinajstić information content (AvgIpc) is 2.62. The van der Waals surface area contributed by atoms with Crippen LogP contribution in [0.25, 0.3) is 0 Å². The Hall–Kier alpha value is -3.28. The van der Waals surface area contributed by atoms with Crippen LogP contribution in [0.5, 0.6) is 11.5 Å². The molecule has 1 aromatic heterocycles. The van der Waals surface area contributed by atoms with E-state index in [9.17, 15) is 0 Å². The lowest BCUT2D eigenvalue weighted by Crippen LogP contribution is -2.02. The Morgan fingerprint density at radius 3 is 2.20 bits per heavy atom. The number of aromatic nitrogens is 2. The molecule has 0 atom stereocenters. The summed E-state index contributed by atoms with van der Waals surface area (Å²) in [5.74, 6) is 3.46. The zero-order valence-electron chi connectivity index (χ0n) is 14.4. The van der Waals surface area contributed by atoms with Crippen molar-refractivity contribution in [2.45, 2.75) is 6.92 Å². The number of ether oxygens (including phenoxy) is 2. The lowest BCUT2D eigenvalue weighted by Gasteiger charge is -2.13. The van der Waals surface area contributed by atoms with Crippen LogP contribution in [-0.4, -0.2) is 24.2 Å². The van der Waals surface area contributed by atoms with E-state index < -0.39 is 0 Å². The number of rotatable bonds is 6. The van der Waals surface area contributed by atoms with Gasteiger partial charge in [-0.15, -0.1) is 0 Å². The van der Waals surface area contributed by atoms with Gasteiger partial charge in [0, 0.05) is 17.8 Å². The SMILES string of the molecule is COc1ccc(Nc2cc(Nc3ccccc3)nc(C)n2)c(OC)c1. The first-order valence-corrected chi connectivity index (χ1v) is 7.85. The number of hydrogen-bond donors (Lipinski definition) is 2. The van der Waals surface area contributed by atoms with Gasteiger partial charge < -0.3 is 20.1 Å². The normalized spacial score (nSPS) is 10.2. The Morgan fingerprint density at radius 1 is 0.800 bits per heavy atom. The third kappa shape index (κ3) is 4.17. The molecule has 0 amide bonds. The van der Waals surface area contributed by atoms with Crippen LogP contribution in [0.3, 0.4) is 0 Å². The van der Waals surface area contributed by atoms with Gasteiger partial charge in [-0.05, 0) is 31.2 Å². The molecule has 2 N–H and O–H groups in total. The molecule has 0 aliphatic rings. The molecular formula is C19H20N4O2. The molecule has 128 valence electrons. The Bertz CT molecular complexity index is 853. The van der Waals surface area contributed by atoms with Gasteiger partial charge in [-0.2, -0.15) is 0 Å². The first-order chi connectivity index (χ1) is 12.2. The lowest BCUT2D eigenvalue weighted by atomic mass is 10.2. The van der Waals surface area contributed by atoms with E-state index >= 15 is 0 Å². The van der Waals surface area contributed by atoms with Gasteiger partial charge in [0.15, 0.2) is 0 Å². The second-order valence-corrected chi connectivity index (χ2v) is 5.37. The fourth-order valence-corrected chi connectivity index (χ4v) is 2.40. The molecule has 25 heavy (non-hydrogen) atoms. The van der Waals surface area contributed by atoms with Gasteiger partial charge in [-0.3, -0.25) is 0 Å². The van der Waals surface area contributed by atoms with Crippen LogP contribution in [0.15, 0.2) is 54.6 Å². The minimum absolute atomic E-state index is 0.663. The van der Waals surface area contributed by atoms with Crippen LogP contribution in [0, 0.1) is 6.92 Å². The second-order valence-electron chi connectivity index (χ2n) is 5.37. The van der Waals surface area contributed by atoms with Crippen molar-refractivity contribution in [3.8, 4) is 11.5 Å². The van der Waals surface area contributed by atoms with Crippen molar-refractivity contribution in [1.29, 1.82) is 0 Å². The summed E-state index contributed by atoms with van der Waals surface area (Å²) >= 11 is 0. The van der Waals surface area contributed by atoms with E-state index in [2.05, 4.69) is 20.6 Å². The van der Waals surface area contributed by atoms with Gasteiger partial charge in [0.2, 0.25) is 0 Å². The molecule has 0 fully saturated rings. The van der Waals surface area contributed by atoms with E-state index in [1.165, 1.54) is 0 Å². The van der Waals surface area contributed by atoms with Crippen LogP contribution in [-0.2, 0) is 0 Å². The Kier molecular flexibility index (Phi) is 4.99. The zero-order chi connectivity index (χ0) is 17.6. The number of para-hydroxylation sites is 1. The van der Waals surface area contributed by atoms with E-state index in [0.29, 0.717) is 23.2 Å². The standard InChI is InChI=1S/C19H20N4O2/c1-13-20-18(22-14-7-5-4-6-8-14)12-19(21-13)23-16-10-9-15(24-2)11-17(16)25-3/h4-12H,1-3H3,(H2,20,21,22,23). The van der Waals surface area contributed by atoms with Crippen LogP contribution in [0.2, 0.25) is 0 Å². The van der Waals surface area contributed by atoms with Gasteiger partial charge in [-0.25, -0.2) is 9.97 Å². The summed E-state index contributed by atoms with van der Waals surface area (Å²) in [6.07, 6.45) is 0. The molecule has 0 bridgehead atoms. The molecule has 6 nitrogen and oxygen atoms in total. The first kappa shape index (κ1) is 16.6. The molecule has 0 saturated heterocycles. The highest BCUT2D eigenvalue weighted by Crippen LogP contribution is 2.31. The van der Waals surface area contributed by atoms with Crippen LogP contribution < -0.4 is 20.1 Å². The number of nitrogens with zero attached hydrogens (tertiary/aromatic N) is 2. The molecule has 0 unspecified atom stereocenters. The van der Waals surface area contributed by atoms with E-state index in [1.807, 2.05) is 61.5 Å². The summed E-state index contributed by atoms with van der Waals surface area (Å²) in [7, 11) is 3.24. The van der Waals surface area contributed by atoms with E-state index in [1.54, 1.807) is 14.2 Å². The van der Waals surface area contributed by atoms with Crippen molar-refractivity contribution in [2.75, 3.05) is 24.9 Å². The Balaban J connectivity index is 1.86. The van der Waals surface area contributed by atoms with Crippen molar-refractivity contribution in [2.24, 2.45) is 0 Å². The first-order valence-electron chi connectivity index (χ1n) is 7.85. The number of aryl methyl sites for hydroxylation is 1. The van der Waals surface area contributed by atoms with Crippen molar-refractivity contribution in [3.63, 3.8) is 0 Å². The van der Waals surface area contributed by atoms with E-state index in [4.69, 9.17) is 9.47 Å². The maximum absolute atomic E-state index is 5.41. The average molecular weight is 336 g/mol. The summed E-state index contributed by atoms with van der Waals surface area (Å²) in [6.45, 7) is 1.85. The van der Waals surface area contributed by atoms with Crippen molar-refractivity contribution in [3.05, 3.63) is 60.4 Å². The summed E-state index contributed by atoms with van der Waals surface area (Å²) < 4.78 is 10.6. The predicted molar refractivity (Wildman–Crippen MR) is 99.3 cm³/mol. The molecular weight excluding hydrogens is 316 g/mol. The fraction of sp³-hybridized carbons (Fsp3) is 0.158. The van der Waals surface area contributed by atoms with Gasteiger partial charge in [-0.1, -0.05) is 18.2 Å². The fourth-order valence-electron chi connectivity index (χ4n) is 2.40. The third-order valence-electron chi connectivity index (χ3n) is 3.56. The van der Waals surface area contributed by atoms with Crippen LogP contribution >= 0.6 is 0 Å². The maximum atomic E-state index is 5.41. The van der Waals surface area contributed by atoms with Crippen LogP contribution in [0.1, 0.15) is 5.82 Å². The Labute approximate surface area is 146 Å². The number of nitrogens with one attached hydrogen (secondary N) is 2. The molecule has 0 saturated carbocycles. The van der Waals surface area contributed by atoms with Gasteiger partial charge in [0.05, 0.1) is 19.9 Å². The third-order valence-corrected chi connectivity index (χ3v) is 3.56. The zero-order valence-corrected chi connectivity index (χ0v) is 14.4. The molecule has 0 aliphatic heterocycles. The number of methoxy groups -OCH3 is 2. The highest BCUT2D eigenvalue weighted by atomic mass is 16.5. The smallest absolute Gasteiger partial charge is 0.146 e. The minimum Gasteiger partial charge on any atom is -0.497 e. The molecule has 1 heterocycles. The van der Waals surface area contributed by atoms with E-state index in [-0.39, 0.29) is 0 Å². The highest BCUT2D eigenvalue weighted by Gasteiger charge is 2.08. The van der Waals surface area contributed by atoms with Gasteiger partial charge in [0.1, 0.15) is 29.0 Å². The summed E-state index contributed by atoms with van der Waals surface area (Å²) in [5, 5.41) is 6.55. The van der Waals surface area contributed by atoms with Gasteiger partial charge in [0.25, 0.3) is 0 Å². The topological polar surface area (TPSA) is 68.3 Å². The Morgan fingerprint density at radius 2 is 1.52 bits per heavy atom. The summed E-state index contributed by atoms with van der Waals surface area (Å²) in [5.41, 5.74) is 1.76.